The maximum atomic E-state index is 12.2. The molecule has 0 saturated heterocycles. The Balaban J connectivity index is 1.70. The molecule has 0 bridgehead atoms. The molecule has 0 heterocycles. The summed E-state index contributed by atoms with van der Waals surface area (Å²) in [6.07, 6.45) is 3.83. The van der Waals surface area contributed by atoms with Gasteiger partial charge in [0, 0.05) is 18.3 Å². The van der Waals surface area contributed by atoms with Gasteiger partial charge in [0.25, 0.3) is 0 Å². The molecule has 2 rings (SSSR count). The van der Waals surface area contributed by atoms with Gasteiger partial charge in [-0.3, -0.25) is 0 Å². The quantitative estimate of drug-likeness (QED) is 0.644. The third kappa shape index (κ3) is 5.87. The summed E-state index contributed by atoms with van der Waals surface area (Å²) >= 11 is 0. The predicted molar refractivity (Wildman–Crippen MR) is 102 cm³/mol. The Bertz CT molecular complexity index is 631. The molecule has 1 saturated carbocycles. The van der Waals surface area contributed by atoms with E-state index in [9.17, 15) is 8.42 Å². The molecule has 6 nitrogen and oxygen atoms in total. The second-order valence-corrected chi connectivity index (χ2v) is 10.2. The van der Waals surface area contributed by atoms with Crippen LogP contribution in [0.2, 0.25) is 0 Å². The lowest BCUT2D eigenvalue weighted by Gasteiger charge is -2.31. The Hall–Kier alpha value is -1.31. The molecule has 0 spiro atoms. The highest BCUT2D eigenvalue weighted by Crippen LogP contribution is 2.26. The standard InChI is InChI=1S/C18H31N3O3S/c1-18(2,3)25(22,23)21-16-7-5-14(6-8-16)13-19-20-15-9-11-17(24-4)12-10-15/h9-12,14,16,19-21H,5-8,13H2,1-4H3/t14-,16-. The molecular formula is C18H31N3O3S. The monoisotopic (exact) mass is 369 g/mol. The number of benzene rings is 1. The maximum Gasteiger partial charge on any atom is 0.216 e. The van der Waals surface area contributed by atoms with Crippen molar-refractivity contribution in [2.24, 2.45) is 5.92 Å². The number of sulfonamides is 1. The first kappa shape index (κ1) is 20.0. The molecule has 1 aromatic rings. The highest BCUT2D eigenvalue weighted by Gasteiger charge is 2.32. The molecular weight excluding hydrogens is 338 g/mol. The fourth-order valence-electron chi connectivity index (χ4n) is 2.85. The average Bonchev–Trinajstić information content (AvgIpc) is 2.56. The second-order valence-electron chi connectivity index (χ2n) is 7.69. The summed E-state index contributed by atoms with van der Waals surface area (Å²) in [5.74, 6) is 1.39. The third-order valence-corrected chi connectivity index (χ3v) is 6.94. The molecule has 1 aromatic carbocycles. The van der Waals surface area contributed by atoms with E-state index < -0.39 is 14.8 Å². The van der Waals surface area contributed by atoms with Gasteiger partial charge in [-0.25, -0.2) is 18.6 Å². The van der Waals surface area contributed by atoms with Crippen LogP contribution in [0.4, 0.5) is 5.69 Å². The van der Waals surface area contributed by atoms with Crippen LogP contribution in [0.3, 0.4) is 0 Å². The zero-order chi connectivity index (χ0) is 18.5. The van der Waals surface area contributed by atoms with Crippen LogP contribution in [0, 0.1) is 5.92 Å². The van der Waals surface area contributed by atoms with Gasteiger partial charge >= 0.3 is 0 Å². The molecule has 0 amide bonds. The minimum atomic E-state index is -3.26. The Labute approximate surface area is 151 Å². The SMILES string of the molecule is COc1ccc(NNC[C@H]2CC[C@H](NS(=O)(=O)C(C)(C)C)CC2)cc1. The zero-order valence-corrected chi connectivity index (χ0v) is 16.4. The Morgan fingerprint density at radius 2 is 1.68 bits per heavy atom. The van der Waals surface area contributed by atoms with Crippen molar-refractivity contribution in [1.82, 2.24) is 10.1 Å². The summed E-state index contributed by atoms with van der Waals surface area (Å²) in [5.41, 5.74) is 7.46. The minimum absolute atomic E-state index is 0.0648. The lowest BCUT2D eigenvalue weighted by Crippen LogP contribution is -2.46. The van der Waals surface area contributed by atoms with Crippen LogP contribution >= 0.6 is 0 Å². The van der Waals surface area contributed by atoms with E-state index >= 15 is 0 Å². The highest BCUT2D eigenvalue weighted by molar-refractivity contribution is 7.90. The molecule has 25 heavy (non-hydrogen) atoms. The number of methoxy groups -OCH3 is 1. The minimum Gasteiger partial charge on any atom is -0.497 e. The fourth-order valence-corrected chi connectivity index (χ4v) is 3.88. The van der Waals surface area contributed by atoms with Crippen LogP contribution in [0.1, 0.15) is 46.5 Å². The smallest absolute Gasteiger partial charge is 0.216 e. The molecule has 1 aliphatic carbocycles. The summed E-state index contributed by atoms with van der Waals surface area (Å²) in [6.45, 7) is 6.06. The van der Waals surface area contributed by atoms with Crippen molar-refractivity contribution in [2.75, 3.05) is 19.1 Å². The molecule has 0 aliphatic heterocycles. The normalized spacial score (nSPS) is 21.8. The molecule has 0 atom stereocenters. The zero-order valence-electron chi connectivity index (χ0n) is 15.6. The van der Waals surface area contributed by atoms with Crippen LogP contribution in [-0.2, 0) is 10.0 Å². The van der Waals surface area contributed by atoms with Gasteiger partial charge in [0.15, 0.2) is 0 Å². The Morgan fingerprint density at radius 3 is 2.20 bits per heavy atom. The average molecular weight is 370 g/mol. The maximum absolute atomic E-state index is 12.2. The first-order valence-electron chi connectivity index (χ1n) is 8.86. The first-order valence-corrected chi connectivity index (χ1v) is 10.3. The van der Waals surface area contributed by atoms with Crippen LogP contribution in [0.15, 0.2) is 24.3 Å². The van der Waals surface area contributed by atoms with Gasteiger partial charge in [-0.2, -0.15) is 0 Å². The van der Waals surface area contributed by atoms with Gasteiger partial charge in [-0.1, -0.05) is 0 Å². The van der Waals surface area contributed by atoms with Crippen molar-refractivity contribution in [3.8, 4) is 5.75 Å². The van der Waals surface area contributed by atoms with Gasteiger partial charge < -0.3 is 10.2 Å². The van der Waals surface area contributed by atoms with Crippen LogP contribution in [0.25, 0.3) is 0 Å². The fraction of sp³-hybridized carbons (Fsp3) is 0.667. The van der Waals surface area contributed by atoms with E-state index in [1.54, 1.807) is 27.9 Å². The van der Waals surface area contributed by atoms with Crippen LogP contribution in [-0.4, -0.2) is 32.9 Å². The van der Waals surface area contributed by atoms with Gasteiger partial charge in [0.1, 0.15) is 5.75 Å². The summed E-state index contributed by atoms with van der Waals surface area (Å²) in [5, 5.41) is 0. The Morgan fingerprint density at radius 1 is 1.08 bits per heavy atom. The second kappa shape index (κ2) is 8.38. The van der Waals surface area contributed by atoms with Crippen molar-refractivity contribution in [1.29, 1.82) is 0 Å². The molecule has 0 radical (unpaired) electrons. The summed E-state index contributed by atoms with van der Waals surface area (Å²) in [7, 11) is -1.61. The van der Waals surface area contributed by atoms with Crippen molar-refractivity contribution in [3.63, 3.8) is 0 Å². The number of anilines is 1. The third-order valence-electron chi connectivity index (χ3n) is 4.69. The lowest BCUT2D eigenvalue weighted by atomic mass is 9.86. The molecule has 0 unspecified atom stereocenters. The van der Waals surface area contributed by atoms with Crippen molar-refractivity contribution in [2.45, 2.75) is 57.2 Å². The van der Waals surface area contributed by atoms with E-state index in [1.165, 1.54) is 0 Å². The number of hydrazine groups is 1. The first-order chi connectivity index (χ1) is 11.7. The number of nitrogens with one attached hydrogen (secondary N) is 3. The van der Waals surface area contributed by atoms with Crippen molar-refractivity contribution < 1.29 is 13.2 Å². The number of hydrogen-bond donors (Lipinski definition) is 3. The largest absolute Gasteiger partial charge is 0.497 e. The molecule has 3 N–H and O–H groups in total. The van der Waals surface area contributed by atoms with Crippen molar-refractivity contribution >= 4 is 15.7 Å². The Kier molecular flexibility index (Phi) is 6.71. The van der Waals surface area contributed by atoms with E-state index in [-0.39, 0.29) is 6.04 Å². The van der Waals surface area contributed by atoms with Crippen LogP contribution in [0.5, 0.6) is 5.75 Å². The van der Waals surface area contributed by atoms with E-state index in [2.05, 4.69) is 15.6 Å². The van der Waals surface area contributed by atoms with E-state index in [0.717, 1.165) is 43.7 Å². The number of hydrogen-bond acceptors (Lipinski definition) is 5. The summed E-state index contributed by atoms with van der Waals surface area (Å²) in [6, 6.07) is 7.82. The highest BCUT2D eigenvalue weighted by atomic mass is 32.2. The van der Waals surface area contributed by atoms with Crippen molar-refractivity contribution in [3.05, 3.63) is 24.3 Å². The van der Waals surface area contributed by atoms with Gasteiger partial charge in [-0.15, -0.1) is 0 Å². The van der Waals surface area contributed by atoms with Gasteiger partial charge in [0.2, 0.25) is 10.0 Å². The van der Waals surface area contributed by atoms with Gasteiger partial charge in [-0.05, 0) is 76.6 Å². The molecule has 7 heteroatoms. The molecule has 1 fully saturated rings. The van der Waals surface area contributed by atoms with Gasteiger partial charge in [0.05, 0.1) is 11.9 Å². The topological polar surface area (TPSA) is 79.5 Å². The molecule has 1 aliphatic rings. The summed E-state index contributed by atoms with van der Waals surface area (Å²) < 4.78 is 31.7. The van der Waals surface area contributed by atoms with Crippen LogP contribution < -0.4 is 20.3 Å². The van der Waals surface area contributed by atoms with E-state index in [0.29, 0.717) is 5.92 Å². The molecule has 142 valence electrons. The lowest BCUT2D eigenvalue weighted by molar-refractivity contribution is 0.306. The predicted octanol–water partition coefficient (Wildman–Crippen LogP) is 2.89. The van der Waals surface area contributed by atoms with E-state index in [4.69, 9.17) is 4.74 Å². The summed E-state index contributed by atoms with van der Waals surface area (Å²) in [4.78, 5) is 0. The number of rotatable bonds is 7. The number of ether oxygens (including phenoxy) is 1. The van der Waals surface area contributed by atoms with E-state index in [1.807, 2.05) is 24.3 Å². The molecule has 0 aromatic heterocycles.